The topological polar surface area (TPSA) is 65.0 Å². The maximum absolute atomic E-state index is 5.58. The highest BCUT2D eigenvalue weighted by Gasteiger charge is 2.34. The maximum Gasteiger partial charge on any atom is 0.191 e. The van der Waals surface area contributed by atoms with Gasteiger partial charge in [0, 0.05) is 50.6 Å². The molecule has 1 aromatic rings. The number of nitrogens with zero attached hydrogens (tertiary/aromatic N) is 4. The molecule has 0 bridgehead atoms. The number of piperidine rings is 1. The van der Waals surface area contributed by atoms with E-state index >= 15 is 0 Å². The lowest BCUT2D eigenvalue weighted by Gasteiger charge is -2.42. The summed E-state index contributed by atoms with van der Waals surface area (Å²) >= 11 is 0. The molecule has 7 heteroatoms. The highest BCUT2D eigenvalue weighted by molar-refractivity contribution is 5.80. The van der Waals surface area contributed by atoms with E-state index in [4.69, 9.17) is 9.73 Å². The molecule has 2 saturated heterocycles. The number of aliphatic imine (C=N–C) groups is 1. The molecule has 2 N–H and O–H groups in total. The summed E-state index contributed by atoms with van der Waals surface area (Å²) in [6.45, 7) is 7.48. The zero-order valence-electron chi connectivity index (χ0n) is 17.7. The first-order valence-electron chi connectivity index (χ1n) is 10.6. The third kappa shape index (κ3) is 5.35. The number of likely N-dealkylation sites (N-methyl/N-ethyl adjacent to an activating group) is 1. The Morgan fingerprint density at radius 2 is 2.04 bits per heavy atom. The van der Waals surface area contributed by atoms with Crippen LogP contribution in [0, 0.1) is 0 Å². The number of aromatic nitrogens is 1. The smallest absolute Gasteiger partial charge is 0.191 e. The lowest BCUT2D eigenvalue weighted by Crippen LogP contribution is -2.53. The van der Waals surface area contributed by atoms with Gasteiger partial charge < -0.3 is 25.2 Å². The van der Waals surface area contributed by atoms with E-state index in [9.17, 15) is 0 Å². The monoisotopic (exact) mass is 388 g/mol. The largest absolute Gasteiger partial charge is 0.381 e. The molecule has 2 aliphatic heterocycles. The Morgan fingerprint density at radius 3 is 2.64 bits per heavy atom. The lowest BCUT2D eigenvalue weighted by atomic mass is 9.89. The van der Waals surface area contributed by atoms with Crippen molar-refractivity contribution in [2.45, 2.75) is 44.2 Å². The molecule has 1 aromatic heterocycles. The van der Waals surface area contributed by atoms with E-state index in [1.54, 1.807) is 0 Å². The van der Waals surface area contributed by atoms with E-state index in [0.717, 1.165) is 76.9 Å². The molecule has 156 valence electrons. The van der Waals surface area contributed by atoms with E-state index < -0.39 is 0 Å². The number of ether oxygens (including phenoxy) is 1. The molecule has 3 rings (SSSR count). The van der Waals surface area contributed by atoms with Gasteiger partial charge in [-0.25, -0.2) is 4.98 Å². The third-order valence-electron chi connectivity index (χ3n) is 6.06. The Kier molecular flexibility index (Phi) is 7.50. The van der Waals surface area contributed by atoms with Gasteiger partial charge in [0.2, 0.25) is 0 Å². The first-order chi connectivity index (χ1) is 13.6. The number of guanidine groups is 1. The molecule has 28 heavy (non-hydrogen) atoms. The average Bonchev–Trinajstić information content (AvgIpc) is 2.74. The first-order valence-corrected chi connectivity index (χ1v) is 10.6. The summed E-state index contributed by atoms with van der Waals surface area (Å²) in [4.78, 5) is 14.1. The van der Waals surface area contributed by atoms with Crippen LogP contribution in [0.2, 0.25) is 0 Å². The SMILES string of the molecule is CCNC(=NCC1(N(C)C)CCOCC1)NC1CCN(c2ccccn2)CC1. The van der Waals surface area contributed by atoms with Crippen molar-refractivity contribution in [2.24, 2.45) is 4.99 Å². The molecule has 0 spiro atoms. The average molecular weight is 389 g/mol. The van der Waals surface area contributed by atoms with Gasteiger partial charge in [0.1, 0.15) is 5.82 Å². The molecule has 0 radical (unpaired) electrons. The molecule has 0 saturated carbocycles. The first kappa shape index (κ1) is 20.9. The molecule has 2 aliphatic rings. The summed E-state index contributed by atoms with van der Waals surface area (Å²) in [5.41, 5.74) is 0.100. The second kappa shape index (κ2) is 10.1. The van der Waals surface area contributed by atoms with Gasteiger partial charge in [-0.1, -0.05) is 6.07 Å². The van der Waals surface area contributed by atoms with Crippen LogP contribution in [0.3, 0.4) is 0 Å². The van der Waals surface area contributed by atoms with E-state index in [1.807, 2.05) is 12.3 Å². The molecule has 0 atom stereocenters. The lowest BCUT2D eigenvalue weighted by molar-refractivity contribution is -0.00255. The van der Waals surface area contributed by atoms with Crippen LogP contribution in [0.25, 0.3) is 0 Å². The third-order valence-corrected chi connectivity index (χ3v) is 6.06. The summed E-state index contributed by atoms with van der Waals surface area (Å²) in [5.74, 6) is 2.01. The van der Waals surface area contributed by atoms with Crippen LogP contribution in [-0.2, 0) is 4.74 Å². The fourth-order valence-electron chi connectivity index (χ4n) is 4.03. The van der Waals surface area contributed by atoms with E-state index in [0.29, 0.717) is 6.04 Å². The van der Waals surface area contributed by atoms with Gasteiger partial charge in [0.25, 0.3) is 0 Å². The highest BCUT2D eigenvalue weighted by Crippen LogP contribution is 2.26. The van der Waals surface area contributed by atoms with Crippen LogP contribution in [0.1, 0.15) is 32.6 Å². The Labute approximate surface area is 169 Å². The van der Waals surface area contributed by atoms with Gasteiger partial charge in [-0.3, -0.25) is 4.99 Å². The number of pyridine rings is 1. The van der Waals surface area contributed by atoms with Gasteiger partial charge in [-0.2, -0.15) is 0 Å². The minimum Gasteiger partial charge on any atom is -0.381 e. The van der Waals surface area contributed by atoms with Crippen LogP contribution < -0.4 is 15.5 Å². The van der Waals surface area contributed by atoms with Gasteiger partial charge in [-0.05, 0) is 58.8 Å². The van der Waals surface area contributed by atoms with Crippen LogP contribution >= 0.6 is 0 Å². The molecule has 0 amide bonds. The van der Waals surface area contributed by atoms with Gasteiger partial charge in [-0.15, -0.1) is 0 Å². The molecule has 0 aliphatic carbocycles. The van der Waals surface area contributed by atoms with Crippen molar-refractivity contribution in [3.63, 3.8) is 0 Å². The Hall–Kier alpha value is -1.86. The van der Waals surface area contributed by atoms with Crippen molar-refractivity contribution >= 4 is 11.8 Å². The van der Waals surface area contributed by atoms with Crippen molar-refractivity contribution in [3.8, 4) is 0 Å². The van der Waals surface area contributed by atoms with Crippen LogP contribution in [0.4, 0.5) is 5.82 Å². The Bertz CT molecular complexity index is 607. The number of anilines is 1. The minimum absolute atomic E-state index is 0.100. The predicted octanol–water partition coefficient (Wildman–Crippen LogP) is 1.72. The van der Waals surface area contributed by atoms with Crippen LogP contribution in [0.15, 0.2) is 29.4 Å². The molecular weight excluding hydrogens is 352 g/mol. The van der Waals surface area contributed by atoms with Gasteiger partial charge in [0.15, 0.2) is 5.96 Å². The predicted molar refractivity (Wildman–Crippen MR) is 115 cm³/mol. The highest BCUT2D eigenvalue weighted by atomic mass is 16.5. The maximum atomic E-state index is 5.58. The van der Waals surface area contributed by atoms with Crippen molar-refractivity contribution in [1.29, 1.82) is 0 Å². The Morgan fingerprint density at radius 1 is 1.29 bits per heavy atom. The standard InChI is InChI=1S/C21H36N6O/c1-4-22-20(24-17-21(26(2)3)10-15-28-16-11-21)25-18-8-13-27(14-9-18)19-7-5-6-12-23-19/h5-7,12,18H,4,8-11,13-17H2,1-3H3,(H2,22,24,25). The summed E-state index contributed by atoms with van der Waals surface area (Å²) in [7, 11) is 4.32. The van der Waals surface area contributed by atoms with Crippen molar-refractivity contribution in [2.75, 3.05) is 58.4 Å². The fraction of sp³-hybridized carbons (Fsp3) is 0.714. The zero-order valence-corrected chi connectivity index (χ0v) is 17.7. The summed E-state index contributed by atoms with van der Waals surface area (Å²) in [6, 6.07) is 6.56. The summed E-state index contributed by atoms with van der Waals surface area (Å²) in [5, 5.41) is 7.10. The van der Waals surface area contributed by atoms with E-state index in [-0.39, 0.29) is 5.54 Å². The van der Waals surface area contributed by atoms with Crippen molar-refractivity contribution in [1.82, 2.24) is 20.5 Å². The Balaban J connectivity index is 1.56. The van der Waals surface area contributed by atoms with E-state index in [1.165, 1.54) is 0 Å². The molecule has 2 fully saturated rings. The quantitative estimate of drug-likeness (QED) is 0.571. The fourth-order valence-corrected chi connectivity index (χ4v) is 4.03. The number of nitrogens with one attached hydrogen (secondary N) is 2. The summed E-state index contributed by atoms with van der Waals surface area (Å²) < 4.78 is 5.58. The van der Waals surface area contributed by atoms with E-state index in [2.05, 4.69) is 58.6 Å². The summed E-state index contributed by atoms with van der Waals surface area (Å²) in [6.07, 6.45) is 6.12. The van der Waals surface area contributed by atoms with Crippen LogP contribution in [0.5, 0.6) is 0 Å². The van der Waals surface area contributed by atoms with Gasteiger partial charge >= 0.3 is 0 Å². The molecular formula is C21H36N6O. The minimum atomic E-state index is 0.100. The second-order valence-electron chi connectivity index (χ2n) is 8.02. The van der Waals surface area contributed by atoms with Crippen LogP contribution in [-0.4, -0.2) is 80.9 Å². The molecule has 7 nitrogen and oxygen atoms in total. The van der Waals surface area contributed by atoms with Crippen molar-refractivity contribution in [3.05, 3.63) is 24.4 Å². The van der Waals surface area contributed by atoms with Crippen molar-refractivity contribution < 1.29 is 4.74 Å². The number of hydrogen-bond donors (Lipinski definition) is 2. The second-order valence-corrected chi connectivity index (χ2v) is 8.02. The molecule has 3 heterocycles. The number of hydrogen-bond acceptors (Lipinski definition) is 5. The number of rotatable bonds is 6. The molecule has 0 unspecified atom stereocenters. The zero-order chi connectivity index (χ0) is 19.8. The van der Waals surface area contributed by atoms with Gasteiger partial charge in [0.05, 0.1) is 6.54 Å². The normalized spacial score (nSPS) is 21.0. The molecule has 0 aromatic carbocycles.